The van der Waals surface area contributed by atoms with Crippen LogP contribution in [0.5, 0.6) is 0 Å². The summed E-state index contributed by atoms with van der Waals surface area (Å²) in [6.45, 7) is 18.4. The molecular weight excluding hydrogens is 995 g/mol. The minimum Gasteiger partial charge on any atom is -0.459 e. The Hall–Kier alpha value is -1.69. The fraction of sp³-hybridized carbons (Fsp3) is 0.915. The van der Waals surface area contributed by atoms with Crippen LogP contribution in [0, 0.1) is 23.7 Å². The van der Waals surface area contributed by atoms with Crippen molar-refractivity contribution in [2.24, 2.45) is 29.4 Å². The van der Waals surface area contributed by atoms with Gasteiger partial charge in [-0.1, -0.05) is 40.9 Å². The Balaban J connectivity index is 0.663. The molecule has 0 aliphatic carbocycles. The Bertz CT molecular complexity index is 2290. The monoisotopic (exact) mass is 1080 g/mol. The van der Waals surface area contributed by atoms with Gasteiger partial charge in [-0.25, -0.2) is 0 Å². The van der Waals surface area contributed by atoms with E-state index in [0.717, 1.165) is 49.7 Å². The van der Waals surface area contributed by atoms with E-state index >= 15 is 0 Å². The highest BCUT2D eigenvalue weighted by Crippen LogP contribution is 2.58. The van der Waals surface area contributed by atoms with E-state index in [1.165, 1.54) is 0 Å². The molecule has 428 valence electrons. The van der Waals surface area contributed by atoms with E-state index in [0.29, 0.717) is 77.2 Å². The normalized spacial score (nSPS) is 57.9. The Morgan fingerprint density at radius 3 is 2.05 bits per heavy atom. The number of rotatable bonds is 3. The Morgan fingerprint density at radius 2 is 1.19 bits per heavy atom. The summed E-state index contributed by atoms with van der Waals surface area (Å²) in [6, 6.07) is 0. The number of aliphatic hydroxyl groups is 1. The summed E-state index contributed by atoms with van der Waals surface area (Å²) in [4.78, 5) is 14.6. The van der Waals surface area contributed by atoms with E-state index in [-0.39, 0.29) is 152 Å². The van der Waals surface area contributed by atoms with Gasteiger partial charge in [0.2, 0.25) is 0 Å². The van der Waals surface area contributed by atoms with Crippen LogP contribution in [0.3, 0.4) is 0 Å². The second-order valence-corrected chi connectivity index (χ2v) is 27.0. The summed E-state index contributed by atoms with van der Waals surface area (Å²) in [5.74, 6) is -2.47. The highest BCUT2D eigenvalue weighted by molar-refractivity contribution is 5.70. The van der Waals surface area contributed by atoms with Gasteiger partial charge in [-0.2, -0.15) is 0 Å². The molecule has 2 unspecified atom stereocenters. The summed E-state index contributed by atoms with van der Waals surface area (Å²) in [6.07, 6.45) is 5.18. The predicted molar refractivity (Wildman–Crippen MR) is 270 cm³/mol. The van der Waals surface area contributed by atoms with Crippen LogP contribution in [0.4, 0.5) is 0 Å². The third-order valence-corrected chi connectivity index (χ3v) is 21.7. The summed E-state index contributed by atoms with van der Waals surface area (Å²) in [5.41, 5.74) is 7.96. The molecule has 16 saturated heterocycles. The summed E-state index contributed by atoms with van der Waals surface area (Å²) >= 11 is 0. The smallest absolute Gasteiger partial charge is 0.308 e. The van der Waals surface area contributed by atoms with Crippen LogP contribution < -0.4 is 5.73 Å². The molecule has 0 aromatic rings. The maximum Gasteiger partial charge on any atom is 0.308 e. The molecular formula is C59H85NO17. The van der Waals surface area contributed by atoms with Crippen molar-refractivity contribution in [1.82, 2.24) is 0 Å². The van der Waals surface area contributed by atoms with Crippen molar-refractivity contribution in [2.75, 3.05) is 6.54 Å². The summed E-state index contributed by atoms with van der Waals surface area (Å²) in [7, 11) is 0. The van der Waals surface area contributed by atoms with Gasteiger partial charge in [0, 0.05) is 63.7 Å². The fourth-order valence-corrected chi connectivity index (χ4v) is 18.0. The van der Waals surface area contributed by atoms with Crippen molar-refractivity contribution in [3.05, 3.63) is 24.3 Å². The molecule has 18 heteroatoms. The largest absolute Gasteiger partial charge is 0.459 e. The van der Waals surface area contributed by atoms with Crippen LogP contribution in [0.25, 0.3) is 0 Å². The van der Waals surface area contributed by atoms with E-state index in [4.69, 9.17) is 76.8 Å². The van der Waals surface area contributed by atoms with Gasteiger partial charge >= 0.3 is 5.97 Å². The number of hydrogen-bond donors (Lipinski definition) is 2. The van der Waals surface area contributed by atoms with Crippen molar-refractivity contribution >= 4 is 5.97 Å². The van der Waals surface area contributed by atoms with Gasteiger partial charge in [0.1, 0.15) is 36.6 Å². The van der Waals surface area contributed by atoms with Gasteiger partial charge in [-0.3, -0.25) is 4.79 Å². The molecule has 77 heavy (non-hydrogen) atoms. The SMILES string of the molecule is C=C1C[C@@H]2CC[C@@]34CC5O[C@H]6[C@@H](O3)[C@H]3O[C@H](CC[C@@H]3O[C@H]6C5O4)CC(=O)O[C@@H]3[C@@H](C)[C@@H]4O[C@@H]5C[C@]6(C[C@@H]7O[C@]8(C[C@H](C)[C@@H]9O[C@H]([C@@H](O)CCN)C[C@@H]9O8)C[C@H](C)[C@@H]7O6)O[C@@H]5C[C@@H]4O[C@H]3C[C@H]3O[C@@H](CC[C@@H]1O2)C[C@@H](C)C3=C. The zero-order valence-corrected chi connectivity index (χ0v) is 45.6. The van der Waals surface area contributed by atoms with E-state index in [1.54, 1.807) is 0 Å². The zero-order chi connectivity index (χ0) is 52.4. The number of hydrogen-bond acceptors (Lipinski definition) is 18. The lowest BCUT2D eigenvalue weighted by atomic mass is 9.79. The third kappa shape index (κ3) is 8.95. The molecule has 0 amide bonds. The van der Waals surface area contributed by atoms with Crippen LogP contribution >= 0.6 is 0 Å². The van der Waals surface area contributed by atoms with E-state index in [2.05, 4.69) is 40.9 Å². The Kier molecular flexibility index (Phi) is 13.2. The van der Waals surface area contributed by atoms with E-state index < -0.39 is 47.9 Å². The van der Waals surface area contributed by atoms with Crippen LogP contribution in [-0.4, -0.2) is 181 Å². The Morgan fingerprint density at radius 1 is 0.519 bits per heavy atom. The summed E-state index contributed by atoms with van der Waals surface area (Å²) in [5, 5.41) is 10.8. The first-order chi connectivity index (χ1) is 37.1. The van der Waals surface area contributed by atoms with Crippen LogP contribution in [-0.2, 0) is 75.8 Å². The van der Waals surface area contributed by atoms with Crippen LogP contribution in [0.2, 0.25) is 0 Å². The molecule has 16 heterocycles. The lowest BCUT2D eigenvalue weighted by molar-refractivity contribution is -0.347. The maximum absolute atomic E-state index is 14.6. The number of carbonyl (C=O) groups excluding carboxylic acids is 1. The lowest BCUT2D eigenvalue weighted by Crippen LogP contribution is -2.62. The van der Waals surface area contributed by atoms with Gasteiger partial charge in [0.05, 0.1) is 116 Å². The van der Waals surface area contributed by atoms with E-state index in [1.807, 2.05) is 0 Å². The van der Waals surface area contributed by atoms with Gasteiger partial charge < -0.3 is 81.9 Å². The fourth-order valence-electron chi connectivity index (χ4n) is 18.0. The number of carbonyl (C=O) groups is 1. The van der Waals surface area contributed by atoms with E-state index in [9.17, 15) is 9.90 Å². The third-order valence-electron chi connectivity index (χ3n) is 21.7. The average Bonchev–Trinajstić information content (AvgIpc) is 4.23. The molecule has 16 rings (SSSR count). The first-order valence-corrected chi connectivity index (χ1v) is 30.3. The predicted octanol–water partition coefficient (Wildman–Crippen LogP) is 5.53. The molecule has 12 bridgehead atoms. The van der Waals surface area contributed by atoms with Crippen LogP contribution in [0.15, 0.2) is 24.3 Å². The van der Waals surface area contributed by atoms with Gasteiger partial charge in [-0.05, 0) is 86.8 Å². The highest BCUT2D eigenvalue weighted by atomic mass is 16.8. The topological polar surface area (TPSA) is 202 Å². The number of aliphatic hydroxyl groups excluding tert-OH is 1. The van der Waals surface area contributed by atoms with Gasteiger partial charge in [-0.15, -0.1) is 0 Å². The van der Waals surface area contributed by atoms with Gasteiger partial charge in [0.15, 0.2) is 17.4 Å². The molecule has 3 N–H and O–H groups in total. The number of ether oxygens (including phenoxy) is 15. The minimum absolute atomic E-state index is 0.00736. The zero-order valence-electron chi connectivity index (χ0n) is 45.6. The molecule has 16 fully saturated rings. The maximum atomic E-state index is 14.6. The molecule has 18 nitrogen and oxygen atoms in total. The van der Waals surface area contributed by atoms with Crippen molar-refractivity contribution in [2.45, 2.75) is 307 Å². The highest BCUT2D eigenvalue weighted by Gasteiger charge is 2.70. The molecule has 16 aliphatic rings. The Labute approximate surface area is 452 Å². The van der Waals surface area contributed by atoms with Crippen molar-refractivity contribution in [3.8, 4) is 0 Å². The van der Waals surface area contributed by atoms with Crippen LogP contribution in [0.1, 0.15) is 143 Å². The molecule has 16 aliphatic heterocycles. The second kappa shape index (κ2) is 19.4. The molecule has 0 aromatic heterocycles. The molecule has 3 spiro atoms. The van der Waals surface area contributed by atoms with Crippen molar-refractivity contribution in [1.29, 1.82) is 0 Å². The molecule has 0 aromatic carbocycles. The first-order valence-electron chi connectivity index (χ1n) is 30.3. The van der Waals surface area contributed by atoms with Gasteiger partial charge in [0.25, 0.3) is 0 Å². The minimum atomic E-state index is -0.888. The number of fused-ring (bicyclic) bond motifs is 10. The molecule has 31 atom stereocenters. The number of nitrogens with two attached hydrogens (primary N) is 1. The molecule has 0 saturated carbocycles. The van der Waals surface area contributed by atoms with Crippen molar-refractivity contribution in [3.63, 3.8) is 0 Å². The average molecular weight is 1080 g/mol. The second-order valence-electron chi connectivity index (χ2n) is 27.0. The quantitative estimate of drug-likeness (QED) is 0.264. The van der Waals surface area contributed by atoms with Crippen molar-refractivity contribution < 1.29 is 81.0 Å². The number of esters is 1. The molecule has 0 radical (unpaired) electrons. The summed E-state index contributed by atoms with van der Waals surface area (Å²) < 4.78 is 104. The standard InChI is InChI=1S/C59H85NO17/c1-26-15-32-7-9-36-27(2)16-34(63-36)11-13-57-24-45-53(76-57)54-55(70-45)56(77-57)52-37(67-54)10-8-33(65-52)17-47(62)71-51-31(6)50-42(66-41(51)18-38(64-32)30(26)5)20-40-44(69-50)23-59(72-40)25-46-49(75-59)29(4)22-58(74-46)21-28(3)48-43(73-58)19-39(68-48)35(61)12-14-60/h26,28-29,31-46,48-56,61H,2,5,7-25,60H2,1,3-4,6H3/t26-,28+,29+,31+,32+,33-,34+,35+,36+,37+,38-,39+,40-,41+,42+,43+,44-,45?,46+,48+,49+,50+,51-,52+,53?,54+,55-,56+,57+,58-,59+/m1/s1. The first kappa shape index (κ1) is 52.1. The lowest BCUT2D eigenvalue weighted by Gasteiger charge is -2.50.